The molecule has 3 fully saturated rings. The third-order valence-electron chi connectivity index (χ3n) is 10.3. The van der Waals surface area contributed by atoms with E-state index in [-0.39, 0.29) is 33.6 Å². The van der Waals surface area contributed by atoms with Crippen molar-refractivity contribution in [1.29, 1.82) is 5.26 Å². The number of nitriles is 1. The van der Waals surface area contributed by atoms with Gasteiger partial charge < -0.3 is 15.1 Å². The van der Waals surface area contributed by atoms with Crippen LogP contribution in [0.3, 0.4) is 0 Å². The Hall–Kier alpha value is -3.94. The van der Waals surface area contributed by atoms with Gasteiger partial charge in [-0.05, 0) is 80.6 Å². The van der Waals surface area contributed by atoms with Crippen LogP contribution in [0.1, 0.15) is 37.7 Å². The van der Waals surface area contributed by atoms with Crippen LogP contribution in [0.4, 0.5) is 5.69 Å². The van der Waals surface area contributed by atoms with Crippen molar-refractivity contribution in [3.8, 4) is 6.07 Å². The molecule has 3 aliphatic rings. The van der Waals surface area contributed by atoms with Crippen LogP contribution < -0.4 is 10.2 Å². The lowest BCUT2D eigenvalue weighted by atomic mass is 9.59. The second-order valence-electron chi connectivity index (χ2n) is 12.9. The number of anilines is 1. The highest BCUT2D eigenvalue weighted by Gasteiger charge is 2.52. The summed E-state index contributed by atoms with van der Waals surface area (Å²) < 4.78 is 27.3. The summed E-state index contributed by atoms with van der Waals surface area (Å²) in [5.41, 5.74) is 1.46. The number of nitrogens with zero attached hydrogens (tertiary/aromatic N) is 5. The lowest BCUT2D eigenvalue weighted by Gasteiger charge is -2.48. The van der Waals surface area contributed by atoms with Gasteiger partial charge in [-0.1, -0.05) is 43.3 Å². The van der Waals surface area contributed by atoms with Crippen LogP contribution >= 0.6 is 0 Å². The molecule has 0 bridgehead atoms. The van der Waals surface area contributed by atoms with Gasteiger partial charge in [0.05, 0.1) is 22.6 Å². The Kier molecular flexibility index (Phi) is 8.85. The topological polar surface area (TPSA) is 111 Å². The Morgan fingerprint density at radius 1 is 1.07 bits per heavy atom. The molecule has 6 rings (SSSR count). The van der Waals surface area contributed by atoms with E-state index in [0.717, 1.165) is 76.1 Å². The molecule has 9 nitrogen and oxygen atoms in total. The van der Waals surface area contributed by atoms with E-state index in [4.69, 9.17) is 0 Å². The Balaban J connectivity index is 1.07. The molecule has 1 aromatic heterocycles. The quantitative estimate of drug-likeness (QED) is 0.334. The lowest BCUT2D eigenvalue weighted by Crippen LogP contribution is -2.55. The molecule has 2 saturated heterocycles. The van der Waals surface area contributed by atoms with Crippen LogP contribution in [-0.4, -0.2) is 67.8 Å². The zero-order chi connectivity index (χ0) is 31.6. The van der Waals surface area contributed by atoms with Crippen molar-refractivity contribution in [1.82, 2.24) is 20.0 Å². The summed E-state index contributed by atoms with van der Waals surface area (Å²) in [7, 11) is -1.88. The minimum Gasteiger partial charge on any atom is -0.371 e. The van der Waals surface area contributed by atoms with Gasteiger partial charge in [-0.2, -0.15) is 10.4 Å². The molecule has 2 aliphatic heterocycles. The number of carbonyl (C=O) groups is 1. The maximum atomic E-state index is 12.9. The molecule has 3 atom stereocenters. The highest BCUT2D eigenvalue weighted by atomic mass is 32.2. The second kappa shape index (κ2) is 12.8. The number of aromatic nitrogens is 2. The molecule has 0 radical (unpaired) electrons. The van der Waals surface area contributed by atoms with Crippen molar-refractivity contribution in [2.45, 2.75) is 53.4 Å². The SMILES string of the molecule is C=CC(=O)N[C@H]1CCC[C@@H]1[C@](C#N)(c1ccccc1)C1CCN(CC2CN(c3ccc(S(=O)(=O)c4cnn(C)c4)cc3)C2)CC1. The first-order valence-corrected chi connectivity index (χ1v) is 17.4. The smallest absolute Gasteiger partial charge is 0.243 e. The van der Waals surface area contributed by atoms with Gasteiger partial charge in [0.15, 0.2) is 0 Å². The fourth-order valence-corrected chi connectivity index (χ4v) is 9.21. The van der Waals surface area contributed by atoms with Crippen LogP contribution in [0.5, 0.6) is 0 Å². The van der Waals surface area contributed by atoms with E-state index in [1.807, 2.05) is 30.3 Å². The summed E-state index contributed by atoms with van der Waals surface area (Å²) in [6.45, 7) is 8.44. The minimum atomic E-state index is -3.58. The molecule has 236 valence electrons. The van der Waals surface area contributed by atoms with Crippen molar-refractivity contribution in [2.24, 2.45) is 24.8 Å². The van der Waals surface area contributed by atoms with Gasteiger partial charge >= 0.3 is 0 Å². The van der Waals surface area contributed by atoms with Crippen molar-refractivity contribution < 1.29 is 13.2 Å². The van der Waals surface area contributed by atoms with Crippen LogP contribution in [0.15, 0.2) is 89.4 Å². The first-order chi connectivity index (χ1) is 21.7. The molecule has 1 N–H and O–H groups in total. The summed E-state index contributed by atoms with van der Waals surface area (Å²) in [5, 5.41) is 18.1. The van der Waals surface area contributed by atoms with Crippen LogP contribution in [0, 0.1) is 29.1 Å². The molecule has 3 aromatic rings. The molecule has 3 heterocycles. The van der Waals surface area contributed by atoms with Crippen LogP contribution in [0.2, 0.25) is 0 Å². The summed E-state index contributed by atoms with van der Waals surface area (Å²) in [5.74, 6) is 0.661. The normalized spacial score (nSPS) is 22.7. The maximum absolute atomic E-state index is 12.9. The predicted molar refractivity (Wildman–Crippen MR) is 173 cm³/mol. The highest BCUT2D eigenvalue weighted by molar-refractivity contribution is 7.91. The fraction of sp³-hybridized carbons (Fsp3) is 0.457. The lowest BCUT2D eigenvalue weighted by molar-refractivity contribution is -0.117. The van der Waals surface area contributed by atoms with Crippen molar-refractivity contribution in [2.75, 3.05) is 37.6 Å². The number of benzene rings is 2. The number of amides is 1. The summed E-state index contributed by atoms with van der Waals surface area (Å²) in [6, 6.07) is 20.2. The first kappa shape index (κ1) is 31.1. The van der Waals surface area contributed by atoms with E-state index in [1.165, 1.54) is 23.2 Å². The second-order valence-corrected chi connectivity index (χ2v) is 14.8. The average Bonchev–Trinajstić information content (AvgIpc) is 3.70. The van der Waals surface area contributed by atoms with Gasteiger partial charge in [0, 0.05) is 56.4 Å². The van der Waals surface area contributed by atoms with Gasteiger partial charge in [-0.25, -0.2) is 8.42 Å². The van der Waals surface area contributed by atoms with Gasteiger partial charge in [0.2, 0.25) is 15.7 Å². The third kappa shape index (κ3) is 6.03. The van der Waals surface area contributed by atoms with Crippen LogP contribution in [0.25, 0.3) is 0 Å². The van der Waals surface area contributed by atoms with Crippen LogP contribution in [-0.2, 0) is 27.1 Å². The largest absolute Gasteiger partial charge is 0.371 e. The molecule has 10 heteroatoms. The third-order valence-corrected chi connectivity index (χ3v) is 12.0. The Bertz CT molecular complexity index is 1650. The number of sulfone groups is 1. The van der Waals surface area contributed by atoms with Crippen molar-refractivity contribution >= 4 is 21.4 Å². The number of aryl methyl sites for hydroxylation is 1. The number of likely N-dealkylation sites (tertiary alicyclic amines) is 1. The molecular formula is C35H42N6O3S. The average molecular weight is 627 g/mol. The van der Waals surface area contributed by atoms with Gasteiger partial charge in [0.1, 0.15) is 4.90 Å². The molecule has 0 spiro atoms. The van der Waals surface area contributed by atoms with E-state index < -0.39 is 15.3 Å². The molecular weight excluding hydrogens is 584 g/mol. The maximum Gasteiger partial charge on any atom is 0.243 e. The number of nitrogens with one attached hydrogen (secondary N) is 1. The number of rotatable bonds is 10. The van der Waals surface area contributed by atoms with E-state index in [2.05, 4.69) is 45.0 Å². The number of hydrogen-bond acceptors (Lipinski definition) is 7. The molecule has 1 aliphatic carbocycles. The van der Waals surface area contributed by atoms with Gasteiger partial charge in [-0.15, -0.1) is 0 Å². The van der Waals surface area contributed by atoms with E-state index >= 15 is 0 Å². The molecule has 1 amide bonds. The fourth-order valence-electron chi connectivity index (χ4n) is 7.97. The zero-order valence-electron chi connectivity index (χ0n) is 25.9. The Labute approximate surface area is 266 Å². The van der Waals surface area contributed by atoms with Gasteiger partial charge in [-0.3, -0.25) is 9.48 Å². The first-order valence-electron chi connectivity index (χ1n) is 16.0. The monoisotopic (exact) mass is 626 g/mol. The van der Waals surface area contributed by atoms with E-state index in [1.54, 1.807) is 19.2 Å². The Morgan fingerprint density at radius 3 is 2.40 bits per heavy atom. The molecule has 1 saturated carbocycles. The summed E-state index contributed by atoms with van der Waals surface area (Å²) in [6.07, 6.45) is 8.94. The standard InChI is InChI=1S/C35H42N6O3S/c1-3-34(42)38-33-11-7-10-32(33)35(25-36,27-8-5-4-6-9-27)28-16-18-40(19-17-28)21-26-22-41(23-26)29-12-14-30(15-13-29)45(43,44)31-20-37-39(2)24-31/h3-6,8-9,12-15,20,24,26,28,32-33H,1,7,10-11,16-19,21-23H2,2H3,(H,38,42)/t32-,33-,35+/m0/s1. The predicted octanol–water partition coefficient (Wildman–Crippen LogP) is 4.33. The van der Waals surface area contributed by atoms with E-state index in [0.29, 0.717) is 5.92 Å². The number of hydrogen-bond donors (Lipinski definition) is 1. The summed E-state index contributed by atoms with van der Waals surface area (Å²) >= 11 is 0. The molecule has 45 heavy (non-hydrogen) atoms. The van der Waals surface area contributed by atoms with E-state index in [9.17, 15) is 18.5 Å². The molecule has 2 aromatic carbocycles. The Morgan fingerprint density at radius 2 is 1.78 bits per heavy atom. The van der Waals surface area contributed by atoms with Crippen molar-refractivity contribution in [3.63, 3.8) is 0 Å². The van der Waals surface area contributed by atoms with Crippen molar-refractivity contribution in [3.05, 3.63) is 85.2 Å². The highest BCUT2D eigenvalue weighted by Crippen LogP contribution is 2.50. The summed E-state index contributed by atoms with van der Waals surface area (Å²) in [4.78, 5) is 17.6. The minimum absolute atomic E-state index is 0.0288. The van der Waals surface area contributed by atoms with Gasteiger partial charge in [0.25, 0.3) is 0 Å². The molecule has 0 unspecified atom stereocenters. The zero-order valence-corrected chi connectivity index (χ0v) is 26.7. The number of piperidine rings is 1. The number of carbonyl (C=O) groups excluding carboxylic acids is 1.